The number of carbonyl (C=O) groups is 7. The molecule has 0 aliphatic rings. The summed E-state index contributed by atoms with van der Waals surface area (Å²) in [7, 11) is 0. The normalized spacial score (nSPS) is 14.3. The van der Waals surface area contributed by atoms with Crippen LogP contribution < -0.4 is 27.4 Å². The minimum absolute atomic E-state index is 0.322. The second-order valence-electron chi connectivity index (χ2n) is 7.49. The lowest BCUT2D eigenvalue weighted by Crippen LogP contribution is -2.58. The van der Waals surface area contributed by atoms with E-state index in [0.29, 0.717) is 0 Å². The van der Waals surface area contributed by atoms with Crippen molar-refractivity contribution in [3.63, 3.8) is 0 Å². The molecule has 0 bridgehead atoms. The lowest BCUT2D eigenvalue weighted by atomic mass is 10.0. The first kappa shape index (κ1) is 29.2. The van der Waals surface area contributed by atoms with Gasteiger partial charge in [0.2, 0.25) is 23.6 Å². The van der Waals surface area contributed by atoms with Crippen LogP contribution in [0, 0.1) is 5.92 Å². The maximum atomic E-state index is 12.7. The summed E-state index contributed by atoms with van der Waals surface area (Å²) in [6, 6.07) is -6.11. The molecule has 0 aromatic rings. The van der Waals surface area contributed by atoms with E-state index in [1.807, 2.05) is 5.32 Å². The minimum Gasteiger partial charge on any atom is -0.481 e. The molecule has 0 rings (SSSR count). The first-order valence-electron chi connectivity index (χ1n) is 9.77. The number of nitrogens with two attached hydrogens (primary N) is 2. The lowest BCUT2D eigenvalue weighted by molar-refractivity contribution is -0.144. The Morgan fingerprint density at radius 2 is 1.21 bits per heavy atom. The Kier molecular flexibility index (Phi) is 12.1. The van der Waals surface area contributed by atoms with Crippen LogP contribution in [0.25, 0.3) is 0 Å². The van der Waals surface area contributed by atoms with Crippen LogP contribution in [0.3, 0.4) is 0 Å². The molecule has 10 N–H and O–H groups in total. The Balaban J connectivity index is 5.61. The summed E-state index contributed by atoms with van der Waals surface area (Å²) in [6.07, 6.45) is -2.73. The van der Waals surface area contributed by atoms with Gasteiger partial charge in [-0.3, -0.25) is 28.8 Å². The van der Waals surface area contributed by atoms with Crippen molar-refractivity contribution < 1.29 is 48.9 Å². The molecular formula is C18H29N5O10. The third-order valence-electron chi connectivity index (χ3n) is 4.33. The largest absolute Gasteiger partial charge is 0.481 e. The molecule has 0 aliphatic carbocycles. The molecular weight excluding hydrogens is 446 g/mol. The van der Waals surface area contributed by atoms with Crippen molar-refractivity contribution in [2.24, 2.45) is 17.4 Å². The van der Waals surface area contributed by atoms with Gasteiger partial charge in [-0.2, -0.15) is 0 Å². The molecule has 0 heterocycles. The van der Waals surface area contributed by atoms with Gasteiger partial charge in [-0.15, -0.1) is 0 Å². The van der Waals surface area contributed by atoms with Crippen molar-refractivity contribution in [2.75, 3.05) is 0 Å². The van der Waals surface area contributed by atoms with Gasteiger partial charge >= 0.3 is 17.9 Å². The number of carboxylic acid groups (broad SMARTS) is 3. The van der Waals surface area contributed by atoms with E-state index in [9.17, 15) is 33.6 Å². The second kappa shape index (κ2) is 13.6. The van der Waals surface area contributed by atoms with Crippen LogP contribution in [-0.4, -0.2) is 81.0 Å². The standard InChI is InChI=1S/C18H29N5O10/c1-7(2)14(20)17(31)21-8(3-4-12(25)26)15(29)22-9(6-13(27)28)16(30)23-10(18(32)33)5-11(19)24/h7-10,14H,3-6,20H2,1-2H3,(H2,19,24)(H,21,31)(H,22,29)(H,23,30)(H,25,26)(H,27,28)(H,32,33). The molecule has 0 radical (unpaired) electrons. The topological polar surface area (TPSA) is 268 Å². The number of rotatable bonds is 15. The molecule has 0 saturated heterocycles. The van der Waals surface area contributed by atoms with Gasteiger partial charge in [-0.05, 0) is 12.3 Å². The number of hydrogen-bond donors (Lipinski definition) is 8. The number of primary amides is 1. The monoisotopic (exact) mass is 475 g/mol. The zero-order valence-corrected chi connectivity index (χ0v) is 18.1. The highest BCUT2D eigenvalue weighted by atomic mass is 16.4. The van der Waals surface area contributed by atoms with E-state index < -0.39 is 91.4 Å². The van der Waals surface area contributed by atoms with Crippen LogP contribution in [0.15, 0.2) is 0 Å². The molecule has 0 aliphatic heterocycles. The van der Waals surface area contributed by atoms with Crippen LogP contribution in [0.1, 0.15) is 39.5 Å². The molecule has 0 spiro atoms. The maximum Gasteiger partial charge on any atom is 0.326 e. The molecule has 15 nitrogen and oxygen atoms in total. The highest BCUT2D eigenvalue weighted by molar-refractivity contribution is 5.96. The Hall–Kier alpha value is -3.75. The molecule has 4 unspecified atom stereocenters. The second-order valence-corrected chi connectivity index (χ2v) is 7.49. The van der Waals surface area contributed by atoms with E-state index in [1.165, 1.54) is 0 Å². The third-order valence-corrected chi connectivity index (χ3v) is 4.33. The van der Waals surface area contributed by atoms with Gasteiger partial charge < -0.3 is 42.7 Å². The SMILES string of the molecule is CC(C)C(N)C(=O)NC(CCC(=O)O)C(=O)NC(CC(=O)O)C(=O)NC(CC(N)=O)C(=O)O. The van der Waals surface area contributed by atoms with Crippen molar-refractivity contribution in [3.8, 4) is 0 Å². The fourth-order valence-corrected chi connectivity index (χ4v) is 2.44. The molecule has 0 fully saturated rings. The van der Waals surface area contributed by atoms with E-state index in [4.69, 9.17) is 26.8 Å². The van der Waals surface area contributed by atoms with E-state index in [-0.39, 0.29) is 5.92 Å². The van der Waals surface area contributed by atoms with Crippen molar-refractivity contribution in [1.29, 1.82) is 0 Å². The Morgan fingerprint density at radius 3 is 1.64 bits per heavy atom. The molecule has 0 saturated carbocycles. The van der Waals surface area contributed by atoms with Crippen molar-refractivity contribution >= 4 is 41.5 Å². The number of nitrogens with one attached hydrogen (secondary N) is 3. The summed E-state index contributed by atoms with van der Waals surface area (Å²) in [4.78, 5) is 81.5. The first-order chi connectivity index (χ1) is 15.1. The molecule has 0 aromatic carbocycles. The average Bonchev–Trinajstić information content (AvgIpc) is 2.67. The van der Waals surface area contributed by atoms with Gasteiger partial charge in [0.25, 0.3) is 0 Å². The summed E-state index contributed by atoms with van der Waals surface area (Å²) in [5.74, 6) is -8.95. The maximum absolute atomic E-state index is 12.7. The average molecular weight is 475 g/mol. The Morgan fingerprint density at radius 1 is 0.727 bits per heavy atom. The zero-order valence-electron chi connectivity index (χ0n) is 18.1. The van der Waals surface area contributed by atoms with Crippen LogP contribution in [0.2, 0.25) is 0 Å². The van der Waals surface area contributed by atoms with Crippen LogP contribution in [0.5, 0.6) is 0 Å². The van der Waals surface area contributed by atoms with Crippen LogP contribution in [-0.2, 0) is 33.6 Å². The Bertz CT molecular complexity index is 785. The van der Waals surface area contributed by atoms with Crippen LogP contribution in [0.4, 0.5) is 0 Å². The summed E-state index contributed by atoms with van der Waals surface area (Å²) in [6.45, 7) is 3.27. The predicted molar refractivity (Wildman–Crippen MR) is 109 cm³/mol. The van der Waals surface area contributed by atoms with E-state index >= 15 is 0 Å². The predicted octanol–water partition coefficient (Wildman–Crippen LogP) is -3.28. The van der Waals surface area contributed by atoms with Gasteiger partial charge in [0.05, 0.1) is 18.9 Å². The molecule has 4 atom stereocenters. The molecule has 33 heavy (non-hydrogen) atoms. The van der Waals surface area contributed by atoms with Crippen LogP contribution >= 0.6 is 0 Å². The van der Waals surface area contributed by atoms with E-state index in [0.717, 1.165) is 0 Å². The zero-order chi connectivity index (χ0) is 25.9. The van der Waals surface area contributed by atoms with Gasteiger partial charge in [0.1, 0.15) is 18.1 Å². The van der Waals surface area contributed by atoms with Gasteiger partial charge in [0.15, 0.2) is 0 Å². The number of carbonyl (C=O) groups excluding carboxylic acids is 4. The molecule has 186 valence electrons. The summed E-state index contributed by atoms with van der Waals surface area (Å²) < 4.78 is 0. The van der Waals surface area contributed by atoms with Crippen molar-refractivity contribution in [3.05, 3.63) is 0 Å². The number of aliphatic carboxylic acids is 3. The van der Waals surface area contributed by atoms with Crippen molar-refractivity contribution in [2.45, 2.75) is 63.7 Å². The number of amides is 4. The smallest absolute Gasteiger partial charge is 0.326 e. The van der Waals surface area contributed by atoms with Gasteiger partial charge in [0, 0.05) is 6.42 Å². The molecule has 0 aromatic heterocycles. The van der Waals surface area contributed by atoms with Gasteiger partial charge in [-0.25, -0.2) is 4.79 Å². The quantitative estimate of drug-likeness (QED) is 0.116. The molecule has 15 heteroatoms. The lowest BCUT2D eigenvalue weighted by Gasteiger charge is -2.24. The number of carboxylic acids is 3. The van der Waals surface area contributed by atoms with E-state index in [1.54, 1.807) is 13.8 Å². The fourth-order valence-electron chi connectivity index (χ4n) is 2.44. The summed E-state index contributed by atoms with van der Waals surface area (Å²) >= 11 is 0. The highest BCUT2D eigenvalue weighted by Crippen LogP contribution is 2.05. The third kappa shape index (κ3) is 11.4. The minimum atomic E-state index is -1.81. The summed E-state index contributed by atoms with van der Waals surface area (Å²) in [5.41, 5.74) is 10.6. The first-order valence-corrected chi connectivity index (χ1v) is 9.77. The van der Waals surface area contributed by atoms with Crippen molar-refractivity contribution in [1.82, 2.24) is 16.0 Å². The Labute approximate surface area is 188 Å². The fraction of sp³-hybridized carbons (Fsp3) is 0.611. The summed E-state index contributed by atoms with van der Waals surface area (Å²) in [5, 5.41) is 33.2. The molecule has 4 amide bonds. The van der Waals surface area contributed by atoms with Gasteiger partial charge in [-0.1, -0.05) is 13.8 Å². The highest BCUT2D eigenvalue weighted by Gasteiger charge is 2.32. The number of hydrogen-bond acceptors (Lipinski definition) is 8. The van der Waals surface area contributed by atoms with E-state index in [2.05, 4.69) is 10.6 Å².